The Labute approximate surface area is 174 Å². The molecule has 30 heavy (non-hydrogen) atoms. The maximum Gasteiger partial charge on any atom is 0.410 e. The molecule has 0 bridgehead atoms. The van der Waals surface area contributed by atoms with Crippen LogP contribution in [0, 0.1) is 5.92 Å². The second kappa shape index (κ2) is 8.04. The van der Waals surface area contributed by atoms with Gasteiger partial charge in [-0.3, -0.25) is 9.69 Å². The minimum absolute atomic E-state index is 0.198. The lowest BCUT2D eigenvalue weighted by molar-refractivity contribution is -0.149. The van der Waals surface area contributed by atoms with Crippen LogP contribution in [0.1, 0.15) is 52.3 Å². The first-order valence-corrected chi connectivity index (χ1v) is 9.96. The van der Waals surface area contributed by atoms with E-state index in [-0.39, 0.29) is 31.4 Å². The molecule has 2 aliphatic rings. The van der Waals surface area contributed by atoms with Gasteiger partial charge in [-0.1, -0.05) is 11.3 Å². The Bertz CT molecular complexity index is 820. The fourth-order valence-corrected chi connectivity index (χ4v) is 3.70. The molecule has 1 aliphatic heterocycles. The van der Waals surface area contributed by atoms with Crippen LogP contribution in [0.15, 0.2) is 12.7 Å². The molecule has 1 aromatic heterocycles. The van der Waals surface area contributed by atoms with Crippen molar-refractivity contribution in [1.82, 2.24) is 30.8 Å². The van der Waals surface area contributed by atoms with Crippen LogP contribution in [0.25, 0.3) is 0 Å². The van der Waals surface area contributed by atoms with E-state index in [1.54, 1.807) is 33.8 Å². The number of ether oxygens (including phenoxy) is 2. The molecule has 11 nitrogen and oxygen atoms in total. The van der Waals surface area contributed by atoms with E-state index in [0.29, 0.717) is 12.2 Å². The predicted molar refractivity (Wildman–Crippen MR) is 104 cm³/mol. The largest absolute Gasteiger partial charge is 0.464 e. The van der Waals surface area contributed by atoms with Gasteiger partial charge in [0, 0.05) is 18.4 Å². The van der Waals surface area contributed by atoms with Crippen LogP contribution < -0.4 is 5.32 Å². The summed E-state index contributed by atoms with van der Waals surface area (Å²) in [6.45, 7) is 11.1. The number of hydrogen-bond acceptors (Lipinski definition) is 8. The van der Waals surface area contributed by atoms with Crippen LogP contribution in [-0.4, -0.2) is 73.8 Å². The van der Waals surface area contributed by atoms with Crippen LogP contribution >= 0.6 is 0 Å². The first-order valence-electron chi connectivity index (χ1n) is 9.96. The highest BCUT2D eigenvalue weighted by molar-refractivity contribution is 5.95. The monoisotopic (exact) mass is 420 g/mol. The lowest BCUT2D eigenvalue weighted by atomic mass is 10.0. The zero-order chi connectivity index (χ0) is 22.1. The van der Waals surface area contributed by atoms with Crippen molar-refractivity contribution in [3.8, 4) is 0 Å². The van der Waals surface area contributed by atoms with Gasteiger partial charge in [0.1, 0.15) is 17.2 Å². The van der Waals surface area contributed by atoms with E-state index >= 15 is 0 Å². The van der Waals surface area contributed by atoms with Gasteiger partial charge < -0.3 is 14.8 Å². The molecule has 0 radical (unpaired) electrons. The van der Waals surface area contributed by atoms with E-state index in [1.807, 2.05) is 0 Å². The number of nitrogens with zero attached hydrogens (tertiary/aromatic N) is 4. The molecule has 1 unspecified atom stereocenters. The normalized spacial score (nSPS) is 28.0. The minimum Gasteiger partial charge on any atom is -0.464 e. The van der Waals surface area contributed by atoms with Crippen LogP contribution in [0.3, 0.4) is 0 Å². The summed E-state index contributed by atoms with van der Waals surface area (Å²) in [5.74, 6) is -1.05. The molecular weight excluding hydrogens is 392 g/mol. The fraction of sp³-hybridized carbons (Fsp3) is 0.684. The fourth-order valence-electron chi connectivity index (χ4n) is 3.70. The van der Waals surface area contributed by atoms with Crippen LogP contribution in [0.5, 0.6) is 0 Å². The van der Waals surface area contributed by atoms with Crippen LogP contribution in [-0.2, 0) is 19.1 Å². The van der Waals surface area contributed by atoms with Crippen molar-refractivity contribution < 1.29 is 23.9 Å². The van der Waals surface area contributed by atoms with E-state index in [9.17, 15) is 14.4 Å². The van der Waals surface area contributed by atoms with Gasteiger partial charge in [-0.15, -0.1) is 16.8 Å². The number of esters is 1. The number of tetrazole rings is 1. The number of hydrogen-bond donors (Lipinski definition) is 2. The topological polar surface area (TPSA) is 139 Å². The Kier molecular flexibility index (Phi) is 5.82. The van der Waals surface area contributed by atoms with Crippen molar-refractivity contribution in [3.63, 3.8) is 0 Å². The number of aromatic amines is 1. The van der Waals surface area contributed by atoms with Crippen molar-refractivity contribution >= 4 is 18.0 Å². The molecule has 11 heteroatoms. The van der Waals surface area contributed by atoms with E-state index in [4.69, 9.17) is 9.47 Å². The molecule has 0 aromatic carbocycles. The van der Waals surface area contributed by atoms with Gasteiger partial charge in [0.2, 0.25) is 5.91 Å². The summed E-state index contributed by atoms with van der Waals surface area (Å²) in [6, 6.07) is -0.847. The Morgan fingerprint density at radius 1 is 1.40 bits per heavy atom. The highest BCUT2D eigenvalue weighted by Gasteiger charge is 2.62. The van der Waals surface area contributed by atoms with Gasteiger partial charge in [-0.2, -0.15) is 5.21 Å². The highest BCUT2D eigenvalue weighted by Crippen LogP contribution is 2.46. The summed E-state index contributed by atoms with van der Waals surface area (Å²) in [7, 11) is 0. The van der Waals surface area contributed by atoms with Crippen molar-refractivity contribution in [3.05, 3.63) is 18.5 Å². The molecule has 2 heterocycles. The number of H-pyrrole nitrogens is 1. The maximum atomic E-state index is 13.2. The van der Waals surface area contributed by atoms with Crippen LogP contribution in [0.2, 0.25) is 0 Å². The summed E-state index contributed by atoms with van der Waals surface area (Å²) < 4.78 is 10.6. The number of likely N-dealkylation sites (tertiary alicyclic amines) is 1. The Morgan fingerprint density at radius 3 is 2.67 bits per heavy atom. The van der Waals surface area contributed by atoms with Gasteiger partial charge in [-0.25, -0.2) is 9.59 Å². The second-order valence-electron chi connectivity index (χ2n) is 8.58. The zero-order valence-electron chi connectivity index (χ0n) is 17.7. The molecule has 3 rings (SSSR count). The first-order chi connectivity index (χ1) is 14.1. The smallest absolute Gasteiger partial charge is 0.410 e. The van der Waals surface area contributed by atoms with Gasteiger partial charge >= 0.3 is 12.1 Å². The summed E-state index contributed by atoms with van der Waals surface area (Å²) >= 11 is 0. The summed E-state index contributed by atoms with van der Waals surface area (Å²) in [4.78, 5) is 39.8. The first kappa shape index (κ1) is 21.7. The molecule has 1 aromatic rings. The zero-order valence-corrected chi connectivity index (χ0v) is 17.7. The van der Waals surface area contributed by atoms with E-state index in [2.05, 4.69) is 32.5 Å². The highest BCUT2D eigenvalue weighted by atomic mass is 16.6. The Morgan fingerprint density at radius 2 is 2.13 bits per heavy atom. The average molecular weight is 420 g/mol. The summed E-state index contributed by atoms with van der Waals surface area (Å²) in [5.41, 5.74) is -1.86. The number of carbonyl (C=O) groups is 3. The molecule has 2 fully saturated rings. The number of carbonyl (C=O) groups excluding carboxylic acids is 3. The van der Waals surface area contributed by atoms with Gasteiger partial charge in [0.15, 0.2) is 5.82 Å². The molecule has 4 atom stereocenters. The molecule has 2 amide bonds. The van der Waals surface area contributed by atoms with E-state index in [0.717, 1.165) is 0 Å². The minimum atomic E-state index is -1.14. The lowest BCUT2D eigenvalue weighted by Crippen LogP contribution is -2.53. The van der Waals surface area contributed by atoms with Crippen LogP contribution in [0.4, 0.5) is 4.79 Å². The standard InChI is InChI=1S/C19H28N6O5/c1-6-12-9-19(12,16(27)29-7-2)20-15(26)13-8-11(14-21-23-24-22-14)10-25(13)17(28)30-18(3,4)5/h6,11-13H,1,7-10H2,2-5H3,(H,20,26)(H,21,22,23,24)/t11-,12-,13+,19?/m1/s1. The van der Waals surface area contributed by atoms with Crippen molar-refractivity contribution in [2.75, 3.05) is 13.2 Å². The maximum absolute atomic E-state index is 13.2. The average Bonchev–Trinajstić information content (AvgIpc) is 3.04. The summed E-state index contributed by atoms with van der Waals surface area (Å²) in [6.07, 6.45) is 1.70. The second-order valence-corrected chi connectivity index (χ2v) is 8.58. The lowest BCUT2D eigenvalue weighted by Gasteiger charge is -2.29. The number of rotatable bonds is 6. The Hall–Kier alpha value is -2.98. The molecular formula is C19H28N6O5. The van der Waals surface area contributed by atoms with E-state index in [1.165, 1.54) is 4.90 Å². The molecule has 1 saturated heterocycles. The SMILES string of the molecule is C=C[C@@H]1CC1(NC(=O)[C@@H]1C[C@@H](c2nn[nH]n2)CN1C(=O)OC(C)(C)C)C(=O)OCC. The van der Waals surface area contributed by atoms with Crippen molar-refractivity contribution in [1.29, 1.82) is 0 Å². The molecule has 1 aliphatic carbocycles. The van der Waals surface area contributed by atoms with Gasteiger partial charge in [0.05, 0.1) is 6.61 Å². The number of nitrogens with one attached hydrogen (secondary N) is 2. The third-order valence-electron chi connectivity index (χ3n) is 5.24. The van der Waals surface area contributed by atoms with Gasteiger partial charge in [0.25, 0.3) is 0 Å². The van der Waals surface area contributed by atoms with Gasteiger partial charge in [-0.05, 0) is 40.5 Å². The predicted octanol–water partition coefficient (Wildman–Crippen LogP) is 0.917. The third-order valence-corrected chi connectivity index (χ3v) is 5.24. The number of amides is 2. The van der Waals surface area contributed by atoms with Crippen molar-refractivity contribution in [2.45, 2.75) is 63.6 Å². The summed E-state index contributed by atoms with van der Waals surface area (Å²) in [5, 5.41) is 16.7. The molecule has 1 saturated carbocycles. The van der Waals surface area contributed by atoms with E-state index < -0.39 is 35.2 Å². The molecule has 164 valence electrons. The quantitative estimate of drug-likeness (QED) is 0.511. The molecule has 0 spiro atoms. The third kappa shape index (κ3) is 4.29. The molecule has 2 N–H and O–H groups in total. The number of aromatic nitrogens is 4. The van der Waals surface area contributed by atoms with Crippen molar-refractivity contribution in [2.24, 2.45) is 5.92 Å². The Balaban J connectivity index is 1.80.